The van der Waals surface area contributed by atoms with E-state index in [0.717, 1.165) is 43.3 Å². The minimum atomic E-state index is 0.121. The molecule has 0 bridgehead atoms. The van der Waals surface area contributed by atoms with Gasteiger partial charge >= 0.3 is 0 Å². The Morgan fingerprint density at radius 2 is 1.84 bits per heavy atom. The van der Waals surface area contributed by atoms with Crippen molar-refractivity contribution in [1.29, 1.82) is 0 Å². The van der Waals surface area contributed by atoms with Crippen LogP contribution in [0.15, 0.2) is 48.5 Å². The average molecular weight is 421 g/mol. The first kappa shape index (κ1) is 23.3. The first-order valence-corrected chi connectivity index (χ1v) is 11.4. The molecule has 1 fully saturated rings. The third kappa shape index (κ3) is 8.03. The van der Waals surface area contributed by atoms with Gasteiger partial charge in [0.1, 0.15) is 5.75 Å². The third-order valence-corrected chi connectivity index (χ3v) is 5.92. The number of rotatable bonds is 9. The number of aliphatic hydroxyl groups is 1. The Morgan fingerprint density at radius 3 is 2.55 bits per heavy atom. The molecule has 1 saturated heterocycles. The van der Waals surface area contributed by atoms with Crippen LogP contribution in [0.1, 0.15) is 36.0 Å². The number of piperidine rings is 1. The molecule has 0 radical (unpaired) electrons. The van der Waals surface area contributed by atoms with Crippen molar-refractivity contribution >= 4 is 0 Å². The summed E-state index contributed by atoms with van der Waals surface area (Å²) in [5.41, 5.74) is 3.71. The van der Waals surface area contributed by atoms with E-state index in [1.807, 2.05) is 0 Å². The van der Waals surface area contributed by atoms with Crippen LogP contribution >= 0.6 is 0 Å². The molecule has 1 aliphatic rings. The fourth-order valence-corrected chi connectivity index (χ4v) is 4.31. The maximum Gasteiger partial charge on any atom is 0.118 e. The fraction of sp³-hybridized carbons (Fsp3) is 0.481. The number of nitrogens with zero attached hydrogens (tertiary/aromatic N) is 2. The molecule has 0 amide bonds. The second-order valence-electron chi connectivity index (χ2n) is 8.58. The third-order valence-electron chi connectivity index (χ3n) is 5.92. The van der Waals surface area contributed by atoms with E-state index in [-0.39, 0.29) is 6.61 Å². The molecule has 1 heterocycles. The van der Waals surface area contributed by atoms with Gasteiger partial charge in [-0.2, -0.15) is 0 Å². The van der Waals surface area contributed by atoms with Gasteiger partial charge in [0.15, 0.2) is 0 Å². The van der Waals surface area contributed by atoms with Crippen molar-refractivity contribution in [1.82, 2.24) is 9.80 Å². The van der Waals surface area contributed by atoms with Crippen molar-refractivity contribution in [2.45, 2.75) is 32.2 Å². The molecule has 2 aromatic carbocycles. The minimum absolute atomic E-state index is 0.121. The topological polar surface area (TPSA) is 35.9 Å². The monoisotopic (exact) mass is 420 g/mol. The van der Waals surface area contributed by atoms with Crippen LogP contribution in [0.2, 0.25) is 0 Å². The summed E-state index contributed by atoms with van der Waals surface area (Å²) in [6.45, 7) is 5.76. The van der Waals surface area contributed by atoms with Gasteiger partial charge < -0.3 is 19.6 Å². The molecule has 31 heavy (non-hydrogen) atoms. The minimum Gasteiger partial charge on any atom is -0.497 e. The highest BCUT2D eigenvalue weighted by atomic mass is 16.5. The molecular formula is C27H36N2O2. The van der Waals surface area contributed by atoms with Gasteiger partial charge in [0.2, 0.25) is 0 Å². The molecule has 166 valence electrons. The smallest absolute Gasteiger partial charge is 0.118 e. The van der Waals surface area contributed by atoms with Gasteiger partial charge in [-0.1, -0.05) is 36.1 Å². The number of methoxy groups -OCH3 is 1. The SMILES string of the molecule is COc1ccc(CCN2CCC[C@@H](CN(C)Cc3ccc(C#CCCO)cc3)C2)cc1. The van der Waals surface area contributed by atoms with E-state index in [1.54, 1.807) is 7.11 Å². The molecule has 4 heteroatoms. The van der Waals surface area contributed by atoms with Gasteiger partial charge in [-0.3, -0.25) is 0 Å². The first-order valence-electron chi connectivity index (χ1n) is 11.4. The van der Waals surface area contributed by atoms with Crippen molar-refractivity contribution in [3.8, 4) is 17.6 Å². The number of benzene rings is 2. The van der Waals surface area contributed by atoms with E-state index < -0.39 is 0 Å². The number of likely N-dealkylation sites (tertiary alicyclic amines) is 1. The van der Waals surface area contributed by atoms with Crippen molar-refractivity contribution in [3.63, 3.8) is 0 Å². The maximum absolute atomic E-state index is 8.82. The Hall–Kier alpha value is -2.32. The van der Waals surface area contributed by atoms with E-state index in [2.05, 4.69) is 77.2 Å². The van der Waals surface area contributed by atoms with E-state index in [1.165, 1.54) is 37.1 Å². The van der Waals surface area contributed by atoms with Crippen LogP contribution in [0.25, 0.3) is 0 Å². The number of hydrogen-bond donors (Lipinski definition) is 1. The fourth-order valence-electron chi connectivity index (χ4n) is 4.31. The largest absolute Gasteiger partial charge is 0.497 e. The summed E-state index contributed by atoms with van der Waals surface area (Å²) >= 11 is 0. The van der Waals surface area contributed by atoms with Crippen molar-refractivity contribution < 1.29 is 9.84 Å². The van der Waals surface area contributed by atoms with Crippen molar-refractivity contribution in [3.05, 3.63) is 65.2 Å². The van der Waals surface area contributed by atoms with Crippen molar-refractivity contribution in [2.75, 3.05) is 46.9 Å². The molecule has 0 spiro atoms. The van der Waals surface area contributed by atoms with Crippen LogP contribution in [-0.4, -0.2) is 61.8 Å². The summed E-state index contributed by atoms with van der Waals surface area (Å²) in [5, 5.41) is 8.82. The van der Waals surface area contributed by atoms with Gasteiger partial charge in [-0.15, -0.1) is 0 Å². The average Bonchev–Trinajstić information content (AvgIpc) is 2.79. The summed E-state index contributed by atoms with van der Waals surface area (Å²) in [7, 11) is 3.94. The van der Waals surface area contributed by atoms with E-state index in [4.69, 9.17) is 9.84 Å². The predicted molar refractivity (Wildman–Crippen MR) is 127 cm³/mol. The lowest BCUT2D eigenvalue weighted by atomic mass is 9.97. The highest BCUT2D eigenvalue weighted by Gasteiger charge is 2.21. The summed E-state index contributed by atoms with van der Waals surface area (Å²) < 4.78 is 5.25. The maximum atomic E-state index is 8.82. The molecule has 0 unspecified atom stereocenters. The highest BCUT2D eigenvalue weighted by molar-refractivity contribution is 5.36. The lowest BCUT2D eigenvalue weighted by molar-refractivity contribution is 0.142. The quantitative estimate of drug-likeness (QED) is 0.626. The molecule has 1 N–H and O–H groups in total. The number of hydrogen-bond acceptors (Lipinski definition) is 4. The zero-order valence-electron chi connectivity index (χ0n) is 19.0. The normalized spacial score (nSPS) is 16.7. The molecular weight excluding hydrogens is 384 g/mol. The van der Waals surface area contributed by atoms with Gasteiger partial charge in [0.25, 0.3) is 0 Å². The lowest BCUT2D eigenvalue weighted by Crippen LogP contribution is -2.40. The van der Waals surface area contributed by atoms with Crippen molar-refractivity contribution in [2.24, 2.45) is 5.92 Å². The van der Waals surface area contributed by atoms with E-state index >= 15 is 0 Å². The zero-order chi connectivity index (χ0) is 21.9. The molecule has 4 nitrogen and oxygen atoms in total. The Morgan fingerprint density at radius 1 is 1.10 bits per heavy atom. The Bertz CT molecular complexity index is 836. The Balaban J connectivity index is 1.42. The van der Waals surface area contributed by atoms with Crippen LogP contribution in [-0.2, 0) is 13.0 Å². The molecule has 1 atom stereocenters. The van der Waals surface area contributed by atoms with E-state index in [9.17, 15) is 0 Å². The molecule has 0 saturated carbocycles. The lowest BCUT2D eigenvalue weighted by Gasteiger charge is -2.34. The second kappa shape index (κ2) is 12.5. The standard InChI is InChI=1S/C27H36N2O2/c1-28(20-25-10-8-23(9-11-25)6-3-4-19-30)21-26-7-5-17-29(22-26)18-16-24-12-14-27(31-2)15-13-24/h8-15,26,30H,4-5,7,16-22H2,1-2H3/t26-/m0/s1. The molecule has 1 aliphatic heterocycles. The summed E-state index contributed by atoms with van der Waals surface area (Å²) in [6, 6.07) is 17.0. The van der Waals surface area contributed by atoms with Gasteiger partial charge in [-0.25, -0.2) is 0 Å². The van der Waals surface area contributed by atoms with Crippen LogP contribution in [0.3, 0.4) is 0 Å². The van der Waals surface area contributed by atoms with Gasteiger partial charge in [0, 0.05) is 38.2 Å². The van der Waals surface area contributed by atoms with Gasteiger partial charge in [0.05, 0.1) is 13.7 Å². The first-order chi connectivity index (χ1) is 15.2. The van der Waals surface area contributed by atoms with Crippen LogP contribution in [0.4, 0.5) is 0 Å². The predicted octanol–water partition coefficient (Wildman–Crippen LogP) is 3.82. The summed E-state index contributed by atoms with van der Waals surface area (Å²) in [4.78, 5) is 5.08. The van der Waals surface area contributed by atoms with Gasteiger partial charge in [-0.05, 0) is 74.2 Å². The number of aliphatic hydroxyl groups excluding tert-OH is 1. The zero-order valence-corrected chi connectivity index (χ0v) is 19.0. The molecule has 0 aliphatic carbocycles. The second-order valence-corrected chi connectivity index (χ2v) is 8.58. The summed E-state index contributed by atoms with van der Waals surface area (Å²) in [6.07, 6.45) is 4.24. The number of ether oxygens (including phenoxy) is 1. The molecule has 2 aromatic rings. The van der Waals surface area contributed by atoms with Crippen LogP contribution < -0.4 is 4.74 Å². The highest BCUT2D eigenvalue weighted by Crippen LogP contribution is 2.19. The summed E-state index contributed by atoms with van der Waals surface area (Å²) in [5.74, 6) is 7.73. The molecule has 0 aromatic heterocycles. The van der Waals surface area contributed by atoms with Crippen LogP contribution in [0.5, 0.6) is 5.75 Å². The Kier molecular flexibility index (Phi) is 9.42. The van der Waals surface area contributed by atoms with E-state index in [0.29, 0.717) is 6.42 Å². The van der Waals surface area contributed by atoms with Crippen LogP contribution in [0, 0.1) is 17.8 Å². The Labute approximate surface area is 187 Å². The molecule has 3 rings (SSSR count).